The largest absolute Gasteiger partial charge is 0.472 e. The highest BCUT2D eigenvalue weighted by atomic mass is 19.1. The van der Waals surface area contributed by atoms with Crippen molar-refractivity contribution >= 4 is 22.1 Å². The molecule has 2 N–H and O–H groups in total. The van der Waals surface area contributed by atoms with Crippen molar-refractivity contribution in [3.8, 4) is 33.8 Å². The maximum absolute atomic E-state index is 15.2. The van der Waals surface area contributed by atoms with Gasteiger partial charge >= 0.3 is 0 Å². The molecule has 0 saturated carbocycles. The molecule has 0 spiro atoms. The monoisotopic (exact) mass is 479 g/mol. The predicted octanol–water partition coefficient (Wildman–Crippen LogP) is 5.56. The Bertz CT molecular complexity index is 1700. The lowest BCUT2D eigenvalue weighted by Gasteiger charge is -2.14. The van der Waals surface area contributed by atoms with E-state index in [2.05, 4.69) is 41.1 Å². The van der Waals surface area contributed by atoms with Crippen molar-refractivity contribution in [3.63, 3.8) is 0 Å². The third kappa shape index (κ3) is 3.56. The van der Waals surface area contributed by atoms with Crippen LogP contribution in [0.2, 0.25) is 0 Å². The Kier molecular flexibility index (Phi) is 4.88. The molecule has 1 saturated heterocycles. The minimum atomic E-state index is -0.400. The lowest BCUT2D eigenvalue weighted by Crippen LogP contribution is -2.18. The first kappa shape index (κ1) is 21.0. The predicted molar refractivity (Wildman–Crippen MR) is 134 cm³/mol. The highest BCUT2D eigenvalue weighted by molar-refractivity contribution is 5.97. The first-order chi connectivity index (χ1) is 17.7. The average Bonchev–Trinajstić information content (AvgIpc) is 3.70. The van der Waals surface area contributed by atoms with Crippen molar-refractivity contribution < 1.29 is 8.81 Å². The molecule has 1 fully saturated rings. The molecule has 6 aromatic rings. The molecule has 0 unspecified atom stereocenters. The fraction of sp³-hybridized carbons (Fsp3) is 0.185. The Hall–Kier alpha value is -4.37. The van der Waals surface area contributed by atoms with Gasteiger partial charge in [0.2, 0.25) is 0 Å². The van der Waals surface area contributed by atoms with E-state index in [-0.39, 0.29) is 5.52 Å². The summed E-state index contributed by atoms with van der Waals surface area (Å²) < 4.78 is 20.4. The van der Waals surface area contributed by atoms with Gasteiger partial charge in [0.1, 0.15) is 11.2 Å². The van der Waals surface area contributed by atoms with Crippen LogP contribution in [0.1, 0.15) is 18.4 Å². The molecule has 1 aromatic carbocycles. The van der Waals surface area contributed by atoms with E-state index in [1.54, 1.807) is 24.9 Å². The number of nitrogens with zero attached hydrogens (tertiary/aromatic N) is 5. The molecule has 0 aliphatic carbocycles. The van der Waals surface area contributed by atoms with Gasteiger partial charge in [-0.3, -0.25) is 15.0 Å². The Morgan fingerprint density at radius 2 is 1.94 bits per heavy atom. The van der Waals surface area contributed by atoms with Crippen molar-refractivity contribution in [2.45, 2.75) is 19.4 Å². The summed E-state index contributed by atoms with van der Waals surface area (Å²) in [5.74, 6) is 0.136. The molecule has 0 radical (unpaired) electrons. The van der Waals surface area contributed by atoms with Gasteiger partial charge in [0.25, 0.3) is 0 Å². The number of H-pyrrole nitrogens is 2. The van der Waals surface area contributed by atoms with Crippen LogP contribution in [0.4, 0.5) is 4.39 Å². The van der Waals surface area contributed by atoms with Gasteiger partial charge < -0.3 is 9.40 Å². The summed E-state index contributed by atoms with van der Waals surface area (Å²) in [6, 6.07) is 9.33. The summed E-state index contributed by atoms with van der Waals surface area (Å²) in [5, 5.41) is 7.85. The van der Waals surface area contributed by atoms with Crippen molar-refractivity contribution in [2.75, 3.05) is 13.1 Å². The average molecular weight is 480 g/mol. The minimum Gasteiger partial charge on any atom is -0.472 e. The molecule has 1 aliphatic heterocycles. The standard InChI is InChI=1S/C27H22FN7O/c28-22-11-18(19-9-16(12-29-13-19)14-35-6-1-2-7-35)10-21-23(22)33-34-25(21)27-31-24-20(17-4-8-36-15-17)3-5-30-26(24)32-27/h3-5,8-13,15H,1-2,6-7,14H2,(H,33,34)(H,30,31,32). The zero-order valence-corrected chi connectivity index (χ0v) is 19.3. The Morgan fingerprint density at radius 3 is 2.81 bits per heavy atom. The molecule has 5 aromatic heterocycles. The van der Waals surface area contributed by atoms with Crippen LogP contribution in [-0.2, 0) is 6.54 Å². The number of imidazole rings is 1. The summed E-state index contributed by atoms with van der Waals surface area (Å²) in [7, 11) is 0. The van der Waals surface area contributed by atoms with Crippen LogP contribution < -0.4 is 0 Å². The molecule has 8 nitrogen and oxygen atoms in total. The number of aromatic amines is 2. The Morgan fingerprint density at radius 1 is 1.03 bits per heavy atom. The van der Waals surface area contributed by atoms with Crippen LogP contribution in [0.3, 0.4) is 0 Å². The topological polar surface area (TPSA) is 99.5 Å². The van der Waals surface area contributed by atoms with Gasteiger partial charge in [-0.25, -0.2) is 14.4 Å². The Labute approximate surface area is 205 Å². The van der Waals surface area contributed by atoms with Gasteiger partial charge in [0, 0.05) is 47.2 Å². The SMILES string of the molecule is Fc1cc(-c2cncc(CN3CCCC3)c2)cc2c(-c3nc4nccc(-c5ccoc5)c4[nH]3)[nH]nc12. The number of rotatable bonds is 5. The summed E-state index contributed by atoms with van der Waals surface area (Å²) in [5.41, 5.74) is 6.76. The Balaban J connectivity index is 1.31. The molecule has 0 amide bonds. The lowest BCUT2D eigenvalue weighted by molar-refractivity contribution is 0.331. The number of benzene rings is 1. The van der Waals surface area contributed by atoms with Crippen LogP contribution in [0.15, 0.2) is 65.9 Å². The highest BCUT2D eigenvalue weighted by Gasteiger charge is 2.19. The van der Waals surface area contributed by atoms with Crippen molar-refractivity contribution in [3.05, 3.63) is 72.8 Å². The van der Waals surface area contributed by atoms with E-state index < -0.39 is 5.82 Å². The number of pyridine rings is 2. The molecule has 6 heterocycles. The summed E-state index contributed by atoms with van der Waals surface area (Å²) in [6.45, 7) is 3.07. The van der Waals surface area contributed by atoms with Crippen LogP contribution in [0, 0.1) is 5.82 Å². The second-order valence-electron chi connectivity index (χ2n) is 9.17. The van der Waals surface area contributed by atoms with Crippen LogP contribution in [-0.4, -0.2) is 48.1 Å². The van der Waals surface area contributed by atoms with Gasteiger partial charge in [-0.05, 0) is 67.4 Å². The van der Waals surface area contributed by atoms with Gasteiger partial charge in [0.05, 0.1) is 18.0 Å². The number of aromatic nitrogens is 6. The second kappa shape index (κ2) is 8.39. The zero-order valence-electron chi connectivity index (χ0n) is 19.3. The molecule has 0 atom stereocenters. The van der Waals surface area contributed by atoms with E-state index in [4.69, 9.17) is 4.42 Å². The number of likely N-dealkylation sites (tertiary alicyclic amines) is 1. The number of hydrogen-bond donors (Lipinski definition) is 2. The number of hydrogen-bond acceptors (Lipinski definition) is 6. The molecule has 0 bridgehead atoms. The third-order valence-corrected chi connectivity index (χ3v) is 6.81. The maximum atomic E-state index is 15.2. The van der Waals surface area contributed by atoms with E-state index >= 15 is 4.39 Å². The van der Waals surface area contributed by atoms with E-state index in [0.29, 0.717) is 22.6 Å². The molecular formula is C27H22FN7O. The van der Waals surface area contributed by atoms with Gasteiger partial charge in [-0.2, -0.15) is 5.10 Å². The highest BCUT2D eigenvalue weighted by Crippen LogP contribution is 2.34. The van der Waals surface area contributed by atoms with E-state index in [1.807, 2.05) is 24.4 Å². The molecule has 7 rings (SSSR count). The van der Waals surface area contributed by atoms with Gasteiger partial charge in [0.15, 0.2) is 17.3 Å². The second-order valence-corrected chi connectivity index (χ2v) is 9.17. The molecular weight excluding hydrogens is 457 g/mol. The lowest BCUT2D eigenvalue weighted by atomic mass is 10.0. The number of halogens is 1. The zero-order chi connectivity index (χ0) is 24.1. The maximum Gasteiger partial charge on any atom is 0.178 e. The third-order valence-electron chi connectivity index (χ3n) is 6.81. The van der Waals surface area contributed by atoms with E-state index in [0.717, 1.165) is 53.0 Å². The van der Waals surface area contributed by atoms with E-state index in [1.165, 1.54) is 18.9 Å². The smallest absolute Gasteiger partial charge is 0.178 e. The normalized spacial score (nSPS) is 14.4. The molecule has 1 aliphatic rings. The van der Waals surface area contributed by atoms with Crippen molar-refractivity contribution in [1.82, 2.24) is 35.0 Å². The van der Waals surface area contributed by atoms with Gasteiger partial charge in [-0.15, -0.1) is 0 Å². The van der Waals surface area contributed by atoms with Crippen LogP contribution >= 0.6 is 0 Å². The summed E-state index contributed by atoms with van der Waals surface area (Å²) >= 11 is 0. The number of nitrogens with one attached hydrogen (secondary N) is 2. The number of furan rings is 1. The van der Waals surface area contributed by atoms with Gasteiger partial charge in [-0.1, -0.05) is 0 Å². The fourth-order valence-electron chi connectivity index (χ4n) is 5.04. The summed E-state index contributed by atoms with van der Waals surface area (Å²) in [6.07, 6.45) is 11.1. The van der Waals surface area contributed by atoms with Crippen molar-refractivity contribution in [2.24, 2.45) is 0 Å². The summed E-state index contributed by atoms with van der Waals surface area (Å²) in [4.78, 5) is 19.3. The molecule has 9 heteroatoms. The molecule has 36 heavy (non-hydrogen) atoms. The minimum absolute atomic E-state index is 0.262. The van der Waals surface area contributed by atoms with Crippen molar-refractivity contribution in [1.29, 1.82) is 0 Å². The fourth-order valence-corrected chi connectivity index (χ4v) is 5.04. The first-order valence-corrected chi connectivity index (χ1v) is 11.9. The number of fused-ring (bicyclic) bond motifs is 2. The van der Waals surface area contributed by atoms with Crippen LogP contribution in [0.25, 0.3) is 55.8 Å². The molecule has 178 valence electrons. The quantitative estimate of drug-likeness (QED) is 0.336. The first-order valence-electron chi connectivity index (χ1n) is 11.9. The van der Waals surface area contributed by atoms with E-state index in [9.17, 15) is 0 Å². The van der Waals surface area contributed by atoms with Crippen LogP contribution in [0.5, 0.6) is 0 Å².